The van der Waals surface area contributed by atoms with Crippen LogP contribution in [0.25, 0.3) is 0 Å². The van der Waals surface area contributed by atoms with E-state index in [1.807, 2.05) is 37.3 Å². The first kappa shape index (κ1) is 66.7. The predicted molar refractivity (Wildman–Crippen MR) is 283 cm³/mol. The molecule has 0 radical (unpaired) electrons. The predicted octanol–water partition coefficient (Wildman–Crippen LogP) is 7.35. The van der Waals surface area contributed by atoms with E-state index in [0.29, 0.717) is 25.7 Å². The molecule has 2 unspecified atom stereocenters. The Labute approximate surface area is 440 Å². The maximum atomic E-state index is 12.9. The lowest BCUT2D eigenvalue weighted by Gasteiger charge is -2.21. The Morgan fingerprint density at radius 2 is 1.37 bits per heavy atom. The van der Waals surface area contributed by atoms with Crippen LogP contribution in [0.5, 0.6) is 0 Å². The molecule has 0 amide bonds. The zero-order valence-electron chi connectivity index (χ0n) is 43.1. The van der Waals surface area contributed by atoms with Gasteiger partial charge in [0.2, 0.25) is 0 Å². The lowest BCUT2D eigenvalue weighted by molar-refractivity contribution is -0.161. The lowest BCUT2D eigenvalue weighted by Crippen LogP contribution is -2.36. The topological polar surface area (TPSA) is 326 Å². The highest BCUT2D eigenvalue weighted by molar-refractivity contribution is 7.61. The van der Waals surface area contributed by atoms with E-state index in [1.54, 1.807) is 36.5 Å². The Hall–Kier alpha value is -4.44. The SMILES string of the molecule is CC/C=C\C[C@@H](O)/C=C/C=C/C=C\C=C/[C@H](O)[C@@H](O)CCCC(=O)OC[C@H](COP(=O)(O)OP(=O)(O)OC[C@H]1O[C@@H](n2ccc(N)nc2=O)[C@H](O)[C@@H]1O)OC(=O)CCC/C=C\C/C=C\C/C=C\CCCCCCCC. The number of carbonyl (C=O) groups excluding carboxylic acids is 2. The van der Waals surface area contributed by atoms with Crippen LogP contribution in [0.3, 0.4) is 0 Å². The quantitative estimate of drug-likeness (QED) is 0.0105. The fourth-order valence-electron chi connectivity index (χ4n) is 6.90. The first-order valence-electron chi connectivity index (χ1n) is 25.6. The second-order valence-corrected chi connectivity index (χ2v) is 20.5. The maximum absolute atomic E-state index is 12.9. The summed E-state index contributed by atoms with van der Waals surface area (Å²) in [6.07, 6.45) is 31.5. The number of esters is 2. The second-order valence-electron chi connectivity index (χ2n) is 17.5. The van der Waals surface area contributed by atoms with Gasteiger partial charge in [-0.3, -0.25) is 23.2 Å². The van der Waals surface area contributed by atoms with Gasteiger partial charge in [-0.2, -0.15) is 9.29 Å². The molecule has 2 heterocycles. The number of unbranched alkanes of at least 4 members (excludes halogenated alkanes) is 7. The van der Waals surface area contributed by atoms with Gasteiger partial charge in [0.15, 0.2) is 12.3 Å². The molecule has 1 saturated heterocycles. The molecule has 0 bridgehead atoms. The summed E-state index contributed by atoms with van der Waals surface area (Å²) in [4.78, 5) is 61.9. The van der Waals surface area contributed by atoms with Crippen LogP contribution in [0.4, 0.5) is 5.82 Å². The number of carbonyl (C=O) groups is 2. The molecule has 0 aliphatic carbocycles. The van der Waals surface area contributed by atoms with E-state index in [1.165, 1.54) is 56.7 Å². The highest BCUT2D eigenvalue weighted by Gasteiger charge is 2.46. The number of phosphoric ester groups is 2. The van der Waals surface area contributed by atoms with E-state index >= 15 is 0 Å². The Bertz CT molecular complexity index is 2190. The van der Waals surface area contributed by atoms with Crippen LogP contribution in [0.15, 0.2) is 114 Å². The number of aliphatic hydroxyl groups is 5. The minimum Gasteiger partial charge on any atom is -0.462 e. The number of hydrogen-bond donors (Lipinski definition) is 8. The number of nitrogens with two attached hydrogens (primary N) is 1. The summed E-state index contributed by atoms with van der Waals surface area (Å²) in [6, 6.07) is 1.22. The number of nitrogen functional groups attached to an aromatic ring is 1. The number of allylic oxidation sites excluding steroid dienone is 13. The van der Waals surface area contributed by atoms with Crippen LogP contribution in [-0.2, 0) is 46.3 Å². The summed E-state index contributed by atoms with van der Waals surface area (Å²) in [5.41, 5.74) is 4.55. The highest BCUT2D eigenvalue weighted by Crippen LogP contribution is 2.60. The van der Waals surface area contributed by atoms with E-state index < -0.39 is 102 Å². The van der Waals surface area contributed by atoms with Gasteiger partial charge < -0.3 is 55.3 Å². The van der Waals surface area contributed by atoms with Crippen molar-refractivity contribution in [1.82, 2.24) is 9.55 Å². The lowest BCUT2D eigenvalue weighted by atomic mass is 10.1. The van der Waals surface area contributed by atoms with Crippen molar-refractivity contribution < 1.29 is 81.6 Å². The Balaban J connectivity index is 1.92. The summed E-state index contributed by atoms with van der Waals surface area (Å²) in [5.74, 6) is -1.72. The minimum absolute atomic E-state index is 0.00480. The van der Waals surface area contributed by atoms with Crippen LogP contribution >= 0.6 is 15.6 Å². The normalized spacial score (nSPS) is 20.9. The molecule has 21 nitrogen and oxygen atoms in total. The molecule has 1 aliphatic heterocycles. The molecule has 0 saturated carbocycles. The van der Waals surface area contributed by atoms with Crippen molar-refractivity contribution in [3.8, 4) is 0 Å². The van der Waals surface area contributed by atoms with Gasteiger partial charge in [0, 0.05) is 19.0 Å². The largest absolute Gasteiger partial charge is 0.481 e. The maximum Gasteiger partial charge on any atom is 0.481 e. The summed E-state index contributed by atoms with van der Waals surface area (Å²) in [6.45, 7) is 1.56. The monoisotopic (exact) mass is 1100 g/mol. The van der Waals surface area contributed by atoms with Gasteiger partial charge in [-0.1, -0.05) is 143 Å². The molecule has 75 heavy (non-hydrogen) atoms. The van der Waals surface area contributed by atoms with Crippen LogP contribution in [0.2, 0.25) is 0 Å². The molecule has 10 atom stereocenters. The van der Waals surface area contributed by atoms with Gasteiger partial charge in [0.1, 0.15) is 30.7 Å². The zero-order chi connectivity index (χ0) is 55.3. The van der Waals surface area contributed by atoms with Crippen molar-refractivity contribution in [3.05, 3.63) is 120 Å². The van der Waals surface area contributed by atoms with Crippen molar-refractivity contribution in [3.63, 3.8) is 0 Å². The molecule has 0 spiro atoms. The first-order valence-corrected chi connectivity index (χ1v) is 28.6. The Morgan fingerprint density at radius 3 is 2.05 bits per heavy atom. The number of nitrogens with zero attached hydrogens (tertiary/aromatic N) is 2. The van der Waals surface area contributed by atoms with Gasteiger partial charge in [0.05, 0.1) is 31.5 Å². The van der Waals surface area contributed by atoms with Gasteiger partial charge in [-0.05, 0) is 70.3 Å². The number of ether oxygens (including phenoxy) is 3. The van der Waals surface area contributed by atoms with E-state index in [-0.39, 0.29) is 31.5 Å². The summed E-state index contributed by atoms with van der Waals surface area (Å²) in [7, 11) is -11.0. The molecule has 23 heteroatoms. The average Bonchev–Trinajstić information content (AvgIpc) is 3.64. The average molecular weight is 1100 g/mol. The van der Waals surface area contributed by atoms with Crippen molar-refractivity contribution in [1.29, 1.82) is 0 Å². The van der Waals surface area contributed by atoms with Crippen LogP contribution < -0.4 is 11.4 Å². The molecule has 1 aromatic heterocycles. The number of rotatable bonds is 40. The molecule has 2 rings (SSSR count). The number of anilines is 1. The fourth-order valence-corrected chi connectivity index (χ4v) is 9.01. The van der Waals surface area contributed by atoms with Crippen molar-refractivity contribution in [2.24, 2.45) is 0 Å². The highest BCUT2D eigenvalue weighted by atomic mass is 31.3. The summed E-state index contributed by atoms with van der Waals surface area (Å²) >= 11 is 0. The zero-order valence-corrected chi connectivity index (χ0v) is 44.9. The standard InChI is InChI=1S/C52H81N3O18P2/c1-3-5-7-8-9-10-11-12-13-14-15-16-17-18-19-24-28-34-48(60)71-42(38-68-47(59)35-29-33-44(58)43(57)32-27-23-21-20-22-26-31-41(56)30-25-6-4-2)39-69-74(64,65)73-75(66,67)70-40-45-49(61)50(62)51(72-45)55-37-36-46(53)54-52(55)63/h6,12-13,15-16,18-23,25-27,31-32,36-37,41-45,49-51,56-58,61-62H,3-5,7-11,14,17,24,28-30,33-35,38-40H2,1-2H3,(H,64,65)(H,66,67)(H2,53,54,63)/b13-12-,16-15-,19-18-,22-20+,23-21-,25-6-,31-26+,32-27-/t41-,42-,43+,44+,45-,49-,50-,51-/m1/s1. The van der Waals surface area contributed by atoms with Crippen molar-refractivity contribution in [2.75, 3.05) is 25.6 Å². The van der Waals surface area contributed by atoms with Crippen LogP contribution in [0.1, 0.15) is 129 Å². The number of phosphoric acid groups is 2. The summed E-state index contributed by atoms with van der Waals surface area (Å²) < 4.78 is 56.4. The second kappa shape index (κ2) is 39.0. The molecular weight excluding hydrogens is 1020 g/mol. The van der Waals surface area contributed by atoms with Gasteiger partial charge in [0.25, 0.3) is 0 Å². The van der Waals surface area contributed by atoms with Crippen molar-refractivity contribution >= 4 is 33.4 Å². The third-order valence-electron chi connectivity index (χ3n) is 11.0. The van der Waals surface area contributed by atoms with E-state index in [4.69, 9.17) is 29.0 Å². The van der Waals surface area contributed by atoms with E-state index in [0.717, 1.165) is 30.0 Å². The fraction of sp³-hybridized carbons (Fsp3) is 0.577. The first-order chi connectivity index (χ1) is 35.9. The Kier molecular flexibility index (Phi) is 34.7. The molecule has 1 fully saturated rings. The molecule has 1 aliphatic rings. The van der Waals surface area contributed by atoms with Crippen LogP contribution in [-0.4, -0.2) is 119 Å². The smallest absolute Gasteiger partial charge is 0.462 e. The number of aromatic nitrogens is 2. The van der Waals surface area contributed by atoms with Gasteiger partial charge in [-0.15, -0.1) is 0 Å². The molecule has 9 N–H and O–H groups in total. The van der Waals surface area contributed by atoms with Gasteiger partial charge in [-0.25, -0.2) is 13.9 Å². The van der Waals surface area contributed by atoms with Gasteiger partial charge >= 0.3 is 33.3 Å². The van der Waals surface area contributed by atoms with E-state index in [9.17, 15) is 58.8 Å². The summed E-state index contributed by atoms with van der Waals surface area (Å²) in [5, 5.41) is 51.5. The number of aliphatic hydroxyl groups excluding tert-OH is 5. The minimum atomic E-state index is -5.52. The van der Waals surface area contributed by atoms with Crippen LogP contribution in [0, 0.1) is 0 Å². The van der Waals surface area contributed by atoms with E-state index in [2.05, 4.69) is 34.4 Å². The third kappa shape index (κ3) is 31.4. The van der Waals surface area contributed by atoms with Crippen molar-refractivity contribution in [2.45, 2.75) is 172 Å². The molecular formula is C52H81N3O18P2. The molecule has 422 valence electrons. The third-order valence-corrected chi connectivity index (χ3v) is 13.6. The Morgan fingerprint density at radius 1 is 0.760 bits per heavy atom. The number of hydrogen-bond acceptors (Lipinski definition) is 18. The molecule has 0 aromatic carbocycles. The molecule has 1 aromatic rings.